The first-order valence-corrected chi connectivity index (χ1v) is 9.57. The maximum atomic E-state index is 12.8. The van der Waals surface area contributed by atoms with E-state index in [0.717, 1.165) is 43.8 Å². The summed E-state index contributed by atoms with van der Waals surface area (Å²) in [5.41, 5.74) is 2.37. The van der Waals surface area contributed by atoms with Crippen molar-refractivity contribution in [1.29, 1.82) is 0 Å². The minimum atomic E-state index is -0.0424. The molecule has 3 rings (SSSR count). The number of nitrogens with one attached hydrogen (secondary N) is 2. The molecular formula is C20H30N4O2. The van der Waals surface area contributed by atoms with E-state index in [2.05, 4.69) is 29.5 Å². The van der Waals surface area contributed by atoms with Gasteiger partial charge >= 0.3 is 0 Å². The van der Waals surface area contributed by atoms with Gasteiger partial charge in [0.2, 0.25) is 0 Å². The summed E-state index contributed by atoms with van der Waals surface area (Å²) in [7, 11) is 1.83. The zero-order chi connectivity index (χ0) is 18.7. The molecule has 6 nitrogen and oxygen atoms in total. The van der Waals surface area contributed by atoms with Crippen LogP contribution in [0.25, 0.3) is 5.65 Å². The van der Waals surface area contributed by atoms with Crippen molar-refractivity contribution in [2.45, 2.75) is 58.6 Å². The number of carbonyl (C=O) groups is 1. The van der Waals surface area contributed by atoms with Gasteiger partial charge in [-0.3, -0.25) is 4.79 Å². The standard InChI is InChI=1S/C20H30N4O2/c1-13(2)12-26-16-7-5-15(6-8-16)22-20(25)17-9-10-24-14(3)11-18(21-4)23-19(17)24/h9-11,13,15-16H,5-8,12H2,1-4H3,(H,21,23)(H,22,25)/t15-,16-. The van der Waals surface area contributed by atoms with E-state index in [1.807, 2.05) is 36.7 Å². The molecule has 0 bridgehead atoms. The fraction of sp³-hybridized carbons (Fsp3) is 0.600. The lowest BCUT2D eigenvalue weighted by Crippen LogP contribution is -2.39. The molecule has 0 unspecified atom stereocenters. The molecule has 2 N–H and O–H groups in total. The molecule has 26 heavy (non-hydrogen) atoms. The lowest BCUT2D eigenvalue weighted by molar-refractivity contribution is 0.00860. The number of nitrogens with zero attached hydrogens (tertiary/aromatic N) is 2. The van der Waals surface area contributed by atoms with Crippen LogP contribution in [0.2, 0.25) is 0 Å². The van der Waals surface area contributed by atoms with E-state index in [1.54, 1.807) is 0 Å². The molecule has 1 amide bonds. The average Bonchev–Trinajstić information content (AvgIpc) is 3.05. The van der Waals surface area contributed by atoms with Crippen LogP contribution in [0.3, 0.4) is 0 Å². The topological polar surface area (TPSA) is 67.7 Å². The van der Waals surface area contributed by atoms with Crippen LogP contribution >= 0.6 is 0 Å². The lowest BCUT2D eigenvalue weighted by atomic mass is 9.92. The van der Waals surface area contributed by atoms with Crippen LogP contribution in [0.4, 0.5) is 5.82 Å². The van der Waals surface area contributed by atoms with Crippen molar-refractivity contribution in [2.75, 3.05) is 19.0 Å². The maximum absolute atomic E-state index is 12.8. The molecule has 0 aromatic carbocycles. The molecule has 0 atom stereocenters. The summed E-state index contributed by atoms with van der Waals surface area (Å²) < 4.78 is 7.88. The Balaban J connectivity index is 1.62. The number of rotatable bonds is 6. The molecule has 2 aromatic heterocycles. The zero-order valence-electron chi connectivity index (χ0n) is 16.2. The Bertz CT molecular complexity index is 761. The molecule has 0 aliphatic heterocycles. The quantitative estimate of drug-likeness (QED) is 0.830. The van der Waals surface area contributed by atoms with Gasteiger partial charge in [0.15, 0.2) is 5.65 Å². The number of hydrogen-bond donors (Lipinski definition) is 2. The fourth-order valence-corrected chi connectivity index (χ4v) is 3.51. The van der Waals surface area contributed by atoms with Gasteiger partial charge in [-0.05, 0) is 44.6 Å². The number of ether oxygens (including phenoxy) is 1. The second-order valence-corrected chi connectivity index (χ2v) is 7.63. The van der Waals surface area contributed by atoms with Gasteiger partial charge < -0.3 is 19.8 Å². The number of aryl methyl sites for hydroxylation is 1. The molecule has 142 valence electrons. The predicted octanol–water partition coefficient (Wildman–Crippen LogP) is 3.40. The second kappa shape index (κ2) is 8.08. The van der Waals surface area contributed by atoms with Crippen molar-refractivity contribution in [1.82, 2.24) is 14.7 Å². The van der Waals surface area contributed by atoms with Gasteiger partial charge in [0.05, 0.1) is 11.7 Å². The normalized spacial score (nSPS) is 20.5. The third-order valence-corrected chi connectivity index (χ3v) is 4.99. The van der Waals surface area contributed by atoms with E-state index in [0.29, 0.717) is 23.2 Å². The Morgan fingerprint density at radius 3 is 2.73 bits per heavy atom. The van der Waals surface area contributed by atoms with Gasteiger partial charge in [0, 0.05) is 37.7 Å². The third-order valence-electron chi connectivity index (χ3n) is 4.99. The first-order chi connectivity index (χ1) is 12.5. The average molecular weight is 358 g/mol. The van der Waals surface area contributed by atoms with E-state index in [4.69, 9.17) is 4.74 Å². The Labute approximate surface area is 155 Å². The minimum absolute atomic E-state index is 0.0424. The van der Waals surface area contributed by atoms with Gasteiger partial charge in [-0.1, -0.05) is 13.8 Å². The molecule has 1 fully saturated rings. The first-order valence-electron chi connectivity index (χ1n) is 9.57. The molecule has 6 heteroatoms. The molecule has 1 aliphatic carbocycles. The summed E-state index contributed by atoms with van der Waals surface area (Å²) in [5, 5.41) is 6.24. The smallest absolute Gasteiger partial charge is 0.255 e. The Hall–Kier alpha value is -2.08. The van der Waals surface area contributed by atoms with Gasteiger partial charge in [0.25, 0.3) is 5.91 Å². The van der Waals surface area contributed by atoms with E-state index >= 15 is 0 Å². The molecule has 0 radical (unpaired) electrons. The highest BCUT2D eigenvalue weighted by atomic mass is 16.5. The van der Waals surface area contributed by atoms with Gasteiger partial charge in [-0.15, -0.1) is 0 Å². The van der Waals surface area contributed by atoms with Gasteiger partial charge in [-0.2, -0.15) is 0 Å². The van der Waals surface area contributed by atoms with Crippen molar-refractivity contribution in [3.63, 3.8) is 0 Å². The summed E-state index contributed by atoms with van der Waals surface area (Å²) in [4.78, 5) is 17.3. The molecule has 2 aromatic rings. The summed E-state index contributed by atoms with van der Waals surface area (Å²) >= 11 is 0. The van der Waals surface area contributed by atoms with Crippen molar-refractivity contribution >= 4 is 17.4 Å². The number of hydrogen-bond acceptors (Lipinski definition) is 4. The summed E-state index contributed by atoms with van der Waals surface area (Å²) in [6, 6.07) is 4.03. The molecule has 2 heterocycles. The van der Waals surface area contributed by atoms with Crippen LogP contribution < -0.4 is 10.6 Å². The number of aromatic nitrogens is 2. The van der Waals surface area contributed by atoms with Crippen LogP contribution in [-0.4, -0.2) is 41.1 Å². The number of anilines is 1. The highest BCUT2D eigenvalue weighted by Crippen LogP contribution is 2.23. The molecule has 0 saturated heterocycles. The maximum Gasteiger partial charge on any atom is 0.255 e. The monoisotopic (exact) mass is 358 g/mol. The van der Waals surface area contributed by atoms with Crippen LogP contribution in [0.5, 0.6) is 0 Å². The SMILES string of the molecule is CNc1cc(C)n2ccc(C(=O)N[C@H]3CC[C@H](OCC(C)C)CC3)c2n1. The fourth-order valence-electron chi connectivity index (χ4n) is 3.51. The summed E-state index contributed by atoms with van der Waals surface area (Å²) in [6.45, 7) is 7.17. The van der Waals surface area contributed by atoms with Crippen molar-refractivity contribution < 1.29 is 9.53 Å². The summed E-state index contributed by atoms with van der Waals surface area (Å²) in [5.74, 6) is 1.29. The Morgan fingerprint density at radius 1 is 1.35 bits per heavy atom. The van der Waals surface area contributed by atoms with Crippen molar-refractivity contribution in [2.24, 2.45) is 5.92 Å². The molecule has 1 saturated carbocycles. The lowest BCUT2D eigenvalue weighted by Gasteiger charge is -2.29. The number of fused-ring (bicyclic) bond motifs is 1. The molecule has 1 aliphatic rings. The predicted molar refractivity (Wildman–Crippen MR) is 104 cm³/mol. The molecule has 0 spiro atoms. The van der Waals surface area contributed by atoms with E-state index in [9.17, 15) is 4.79 Å². The van der Waals surface area contributed by atoms with E-state index in [1.165, 1.54) is 0 Å². The van der Waals surface area contributed by atoms with E-state index in [-0.39, 0.29) is 11.9 Å². The molecular weight excluding hydrogens is 328 g/mol. The van der Waals surface area contributed by atoms with Gasteiger partial charge in [0.1, 0.15) is 5.82 Å². The van der Waals surface area contributed by atoms with Crippen LogP contribution in [-0.2, 0) is 4.74 Å². The Kier molecular flexibility index (Phi) is 5.81. The first kappa shape index (κ1) is 18.7. The third kappa shape index (κ3) is 4.18. The highest BCUT2D eigenvalue weighted by molar-refractivity contribution is 6.00. The largest absolute Gasteiger partial charge is 0.378 e. The highest BCUT2D eigenvalue weighted by Gasteiger charge is 2.24. The number of amides is 1. The minimum Gasteiger partial charge on any atom is -0.378 e. The van der Waals surface area contributed by atoms with Crippen molar-refractivity contribution in [3.05, 3.63) is 29.6 Å². The van der Waals surface area contributed by atoms with Crippen LogP contribution in [0.1, 0.15) is 55.6 Å². The number of carbonyl (C=O) groups excluding carboxylic acids is 1. The Morgan fingerprint density at radius 2 is 2.08 bits per heavy atom. The van der Waals surface area contributed by atoms with Gasteiger partial charge in [-0.25, -0.2) is 4.98 Å². The second-order valence-electron chi connectivity index (χ2n) is 7.63. The van der Waals surface area contributed by atoms with Crippen LogP contribution in [0.15, 0.2) is 18.3 Å². The zero-order valence-corrected chi connectivity index (χ0v) is 16.2. The van der Waals surface area contributed by atoms with E-state index < -0.39 is 0 Å². The summed E-state index contributed by atoms with van der Waals surface area (Å²) in [6.07, 6.45) is 6.19. The van der Waals surface area contributed by atoms with Crippen molar-refractivity contribution in [3.8, 4) is 0 Å². The van der Waals surface area contributed by atoms with Crippen LogP contribution in [0, 0.1) is 12.8 Å².